The average molecular weight is 295 g/mol. The first-order chi connectivity index (χ1) is 9.88. The minimum Gasteiger partial charge on any atom is -0.265 e. The Morgan fingerprint density at radius 2 is 1.48 bits per heavy atom. The van der Waals surface area contributed by atoms with E-state index in [9.17, 15) is 23.3 Å². The SMILES string of the molecule is O=[N+]([O-])C[C@@H](c1ccc(-c2ccccc2)cc1)C(F)(F)F. The normalized spacial score (nSPS) is 12.9. The van der Waals surface area contributed by atoms with Gasteiger partial charge in [0.05, 0.1) is 0 Å². The van der Waals surface area contributed by atoms with Gasteiger partial charge in [0, 0.05) is 4.92 Å². The van der Waals surface area contributed by atoms with Crippen molar-refractivity contribution < 1.29 is 18.1 Å². The predicted octanol–water partition coefficient (Wildman–Crippen LogP) is 4.28. The number of halogens is 3. The zero-order valence-corrected chi connectivity index (χ0v) is 10.9. The van der Waals surface area contributed by atoms with E-state index in [-0.39, 0.29) is 5.56 Å². The monoisotopic (exact) mass is 295 g/mol. The first-order valence-electron chi connectivity index (χ1n) is 6.22. The number of benzene rings is 2. The van der Waals surface area contributed by atoms with E-state index < -0.39 is 23.6 Å². The summed E-state index contributed by atoms with van der Waals surface area (Å²) < 4.78 is 38.7. The second-order valence-corrected chi connectivity index (χ2v) is 4.60. The zero-order valence-electron chi connectivity index (χ0n) is 10.9. The molecule has 0 N–H and O–H groups in total. The number of nitro groups is 1. The summed E-state index contributed by atoms with van der Waals surface area (Å²) in [6.07, 6.45) is -4.64. The molecule has 0 spiro atoms. The lowest BCUT2D eigenvalue weighted by molar-refractivity contribution is -0.490. The van der Waals surface area contributed by atoms with Crippen LogP contribution < -0.4 is 0 Å². The third kappa shape index (κ3) is 3.81. The van der Waals surface area contributed by atoms with Crippen LogP contribution in [0.25, 0.3) is 11.1 Å². The van der Waals surface area contributed by atoms with E-state index in [4.69, 9.17) is 0 Å². The van der Waals surface area contributed by atoms with Crippen molar-refractivity contribution in [2.75, 3.05) is 6.54 Å². The maximum atomic E-state index is 12.9. The van der Waals surface area contributed by atoms with E-state index in [1.165, 1.54) is 12.1 Å². The topological polar surface area (TPSA) is 43.1 Å². The van der Waals surface area contributed by atoms with Gasteiger partial charge in [-0.1, -0.05) is 54.6 Å². The molecule has 0 amide bonds. The summed E-state index contributed by atoms with van der Waals surface area (Å²) >= 11 is 0. The molecule has 3 nitrogen and oxygen atoms in total. The van der Waals surface area contributed by atoms with Crippen molar-refractivity contribution in [1.29, 1.82) is 0 Å². The lowest BCUT2D eigenvalue weighted by atomic mass is 9.96. The van der Waals surface area contributed by atoms with Gasteiger partial charge in [0.15, 0.2) is 0 Å². The molecular formula is C15H12F3NO2. The molecular weight excluding hydrogens is 283 g/mol. The van der Waals surface area contributed by atoms with Crippen molar-refractivity contribution in [3.63, 3.8) is 0 Å². The van der Waals surface area contributed by atoms with Gasteiger partial charge in [-0.15, -0.1) is 0 Å². The standard InChI is InChI=1S/C15H12F3NO2/c16-15(17,18)14(10-19(20)21)13-8-6-12(7-9-13)11-4-2-1-3-5-11/h1-9,14H,10H2/t14-/m0/s1. The minimum atomic E-state index is -4.64. The quantitative estimate of drug-likeness (QED) is 0.624. The van der Waals surface area contributed by atoms with E-state index in [0.29, 0.717) is 0 Å². The van der Waals surface area contributed by atoms with Crippen molar-refractivity contribution in [3.8, 4) is 11.1 Å². The fraction of sp³-hybridized carbons (Fsp3) is 0.200. The predicted molar refractivity (Wildman–Crippen MR) is 72.5 cm³/mol. The molecule has 0 aliphatic carbocycles. The molecule has 21 heavy (non-hydrogen) atoms. The number of alkyl halides is 3. The summed E-state index contributed by atoms with van der Waals surface area (Å²) in [5, 5.41) is 10.4. The molecule has 0 aliphatic rings. The van der Waals surface area contributed by atoms with Crippen LogP contribution in [-0.4, -0.2) is 17.6 Å². The molecule has 0 aliphatic heterocycles. The Morgan fingerprint density at radius 3 is 1.95 bits per heavy atom. The van der Waals surface area contributed by atoms with Crippen LogP contribution in [-0.2, 0) is 0 Å². The molecule has 110 valence electrons. The molecule has 1 atom stereocenters. The summed E-state index contributed by atoms with van der Waals surface area (Å²) in [6.45, 7) is -1.16. The highest BCUT2D eigenvalue weighted by Gasteiger charge is 2.44. The van der Waals surface area contributed by atoms with E-state index in [1.54, 1.807) is 12.1 Å². The second-order valence-electron chi connectivity index (χ2n) is 4.60. The summed E-state index contributed by atoms with van der Waals surface area (Å²) in [4.78, 5) is 9.48. The summed E-state index contributed by atoms with van der Waals surface area (Å²) in [6, 6.07) is 14.9. The van der Waals surface area contributed by atoms with Gasteiger partial charge in [-0.3, -0.25) is 10.1 Å². The maximum Gasteiger partial charge on any atom is 0.402 e. The third-order valence-corrected chi connectivity index (χ3v) is 3.15. The number of nitrogens with zero attached hydrogens (tertiary/aromatic N) is 1. The van der Waals surface area contributed by atoms with Gasteiger partial charge in [-0.25, -0.2) is 0 Å². The Labute approximate surface area is 119 Å². The number of rotatable bonds is 4. The molecule has 0 radical (unpaired) electrons. The molecule has 2 aromatic rings. The fourth-order valence-corrected chi connectivity index (χ4v) is 2.09. The molecule has 0 saturated carbocycles. The smallest absolute Gasteiger partial charge is 0.265 e. The molecule has 0 fully saturated rings. The first-order valence-corrected chi connectivity index (χ1v) is 6.22. The first kappa shape index (κ1) is 15.0. The van der Waals surface area contributed by atoms with Gasteiger partial charge in [0.2, 0.25) is 6.54 Å². The lowest BCUT2D eigenvalue weighted by Gasteiger charge is -2.17. The summed E-state index contributed by atoms with van der Waals surface area (Å²) in [5.41, 5.74) is 1.54. The summed E-state index contributed by atoms with van der Waals surface area (Å²) in [7, 11) is 0. The van der Waals surface area contributed by atoms with Crippen LogP contribution in [0.4, 0.5) is 13.2 Å². The maximum absolute atomic E-state index is 12.9. The Bertz CT molecular complexity index is 609. The zero-order chi connectivity index (χ0) is 15.5. The minimum absolute atomic E-state index is 0.0983. The molecule has 0 heterocycles. The van der Waals surface area contributed by atoms with Gasteiger partial charge >= 0.3 is 6.18 Å². The molecule has 0 bridgehead atoms. The van der Waals surface area contributed by atoms with Crippen LogP contribution in [0.1, 0.15) is 11.5 Å². The van der Waals surface area contributed by atoms with Crippen molar-refractivity contribution in [3.05, 3.63) is 70.3 Å². The summed E-state index contributed by atoms with van der Waals surface area (Å²) in [5.74, 6) is -2.09. The molecule has 2 rings (SSSR count). The van der Waals surface area contributed by atoms with Crippen molar-refractivity contribution in [1.82, 2.24) is 0 Å². The van der Waals surface area contributed by atoms with Crippen molar-refractivity contribution in [2.24, 2.45) is 0 Å². The van der Waals surface area contributed by atoms with Crippen LogP contribution in [0, 0.1) is 10.1 Å². The Balaban J connectivity index is 2.30. The van der Waals surface area contributed by atoms with Crippen LogP contribution in [0.15, 0.2) is 54.6 Å². The van der Waals surface area contributed by atoms with Gasteiger partial charge in [0.25, 0.3) is 0 Å². The largest absolute Gasteiger partial charge is 0.402 e. The molecule has 6 heteroatoms. The fourth-order valence-electron chi connectivity index (χ4n) is 2.09. The van der Waals surface area contributed by atoms with Gasteiger partial charge < -0.3 is 0 Å². The van der Waals surface area contributed by atoms with E-state index in [1.807, 2.05) is 30.3 Å². The molecule has 0 unspecified atom stereocenters. The van der Waals surface area contributed by atoms with Crippen LogP contribution in [0.3, 0.4) is 0 Å². The number of hydrogen-bond acceptors (Lipinski definition) is 2. The second kappa shape index (κ2) is 5.95. The Kier molecular flexibility index (Phi) is 4.26. The van der Waals surface area contributed by atoms with E-state index in [0.717, 1.165) is 11.1 Å². The Hall–Kier alpha value is -2.37. The van der Waals surface area contributed by atoms with Crippen LogP contribution in [0.5, 0.6) is 0 Å². The van der Waals surface area contributed by atoms with Crippen LogP contribution in [0.2, 0.25) is 0 Å². The average Bonchev–Trinajstić information content (AvgIpc) is 2.45. The highest BCUT2D eigenvalue weighted by molar-refractivity contribution is 5.63. The molecule has 0 saturated heterocycles. The third-order valence-electron chi connectivity index (χ3n) is 3.15. The Morgan fingerprint density at radius 1 is 0.952 bits per heavy atom. The van der Waals surface area contributed by atoms with Crippen molar-refractivity contribution in [2.45, 2.75) is 12.1 Å². The van der Waals surface area contributed by atoms with E-state index >= 15 is 0 Å². The van der Waals surface area contributed by atoms with Crippen LogP contribution >= 0.6 is 0 Å². The highest BCUT2D eigenvalue weighted by Crippen LogP contribution is 2.35. The number of hydrogen-bond donors (Lipinski definition) is 0. The van der Waals surface area contributed by atoms with Gasteiger partial charge in [0.1, 0.15) is 5.92 Å². The van der Waals surface area contributed by atoms with Gasteiger partial charge in [-0.2, -0.15) is 13.2 Å². The molecule has 2 aromatic carbocycles. The molecule has 0 aromatic heterocycles. The van der Waals surface area contributed by atoms with Gasteiger partial charge in [-0.05, 0) is 16.7 Å². The lowest BCUT2D eigenvalue weighted by Crippen LogP contribution is -2.27. The highest BCUT2D eigenvalue weighted by atomic mass is 19.4. The van der Waals surface area contributed by atoms with E-state index in [2.05, 4.69) is 0 Å². The van der Waals surface area contributed by atoms with Crippen molar-refractivity contribution >= 4 is 0 Å².